The summed E-state index contributed by atoms with van der Waals surface area (Å²) in [7, 11) is 1.58. The molecular formula is C15H25N3O2S. The normalized spacial score (nSPS) is 17.0. The average molecular weight is 311 g/mol. The molecule has 6 heteroatoms. The summed E-state index contributed by atoms with van der Waals surface area (Å²) in [5.41, 5.74) is 12.1. The Bertz CT molecular complexity index is 526. The van der Waals surface area contributed by atoms with Gasteiger partial charge in [0.25, 0.3) is 5.91 Å². The number of hydrogen-bond acceptors (Lipinski definition) is 5. The van der Waals surface area contributed by atoms with Gasteiger partial charge in [0.2, 0.25) is 0 Å². The zero-order chi connectivity index (χ0) is 15.8. The smallest absolute Gasteiger partial charge is 0.261 e. The average Bonchev–Trinajstić information content (AvgIpc) is 2.75. The van der Waals surface area contributed by atoms with Crippen molar-refractivity contribution >= 4 is 27.9 Å². The Kier molecular flexibility index (Phi) is 4.37. The summed E-state index contributed by atoms with van der Waals surface area (Å²) in [5, 5.41) is 0.927. The van der Waals surface area contributed by atoms with E-state index in [0.717, 1.165) is 30.9 Å². The summed E-state index contributed by atoms with van der Waals surface area (Å²) in [5.74, 6) is 0.808. The minimum Gasteiger partial charge on any atom is -0.492 e. The van der Waals surface area contributed by atoms with Crippen LogP contribution in [-0.2, 0) is 0 Å². The van der Waals surface area contributed by atoms with Crippen molar-refractivity contribution in [3.8, 4) is 5.75 Å². The van der Waals surface area contributed by atoms with E-state index in [4.69, 9.17) is 16.2 Å². The number of primary amides is 1. The Morgan fingerprint density at radius 1 is 1.33 bits per heavy atom. The molecule has 0 saturated carbocycles. The van der Waals surface area contributed by atoms with Gasteiger partial charge >= 0.3 is 0 Å². The highest BCUT2D eigenvalue weighted by Crippen LogP contribution is 2.46. The third-order valence-corrected chi connectivity index (χ3v) is 5.58. The number of anilines is 2. The molecule has 0 bridgehead atoms. The number of rotatable bonds is 3. The number of hydrogen-bond donors (Lipinski definition) is 2. The van der Waals surface area contributed by atoms with Crippen molar-refractivity contribution in [1.82, 2.24) is 0 Å². The van der Waals surface area contributed by atoms with E-state index in [0.29, 0.717) is 27.6 Å². The van der Waals surface area contributed by atoms with Crippen molar-refractivity contribution in [2.75, 3.05) is 30.8 Å². The number of thiophene rings is 1. The Morgan fingerprint density at radius 3 is 2.33 bits per heavy atom. The maximum Gasteiger partial charge on any atom is 0.261 e. The number of carbonyl (C=O) groups excluding carboxylic acids is 1. The fourth-order valence-corrected chi connectivity index (χ4v) is 4.05. The standard InChI is InChI=1S/C15H25N3O2S/c1-15(2,3)9-5-7-18(8-6-9)14-11(20-4)10(16)12(21-14)13(17)19/h9H,5-8,16H2,1-4H3,(H2,17,19). The maximum absolute atomic E-state index is 11.4. The van der Waals surface area contributed by atoms with Gasteiger partial charge in [-0.05, 0) is 24.2 Å². The number of nitrogen functional groups attached to an aromatic ring is 1. The summed E-state index contributed by atoms with van der Waals surface area (Å²) in [4.78, 5) is 14.1. The Balaban J connectivity index is 2.21. The molecule has 0 unspecified atom stereocenters. The van der Waals surface area contributed by atoms with E-state index in [1.807, 2.05) is 0 Å². The van der Waals surface area contributed by atoms with Crippen molar-refractivity contribution in [2.24, 2.45) is 17.1 Å². The summed E-state index contributed by atoms with van der Waals surface area (Å²) in [6, 6.07) is 0. The number of nitrogens with zero attached hydrogens (tertiary/aromatic N) is 1. The van der Waals surface area contributed by atoms with Gasteiger partial charge in [0.05, 0.1) is 7.11 Å². The quantitative estimate of drug-likeness (QED) is 0.899. The monoisotopic (exact) mass is 311 g/mol. The molecule has 0 spiro atoms. The second kappa shape index (κ2) is 5.75. The molecule has 21 heavy (non-hydrogen) atoms. The first kappa shape index (κ1) is 15.9. The largest absolute Gasteiger partial charge is 0.492 e. The van der Waals surface area contributed by atoms with E-state index < -0.39 is 5.91 Å². The molecule has 1 aromatic heterocycles. The Labute approximate surface area is 130 Å². The lowest BCUT2D eigenvalue weighted by Crippen LogP contribution is -2.37. The Hall–Kier alpha value is -1.43. The third kappa shape index (κ3) is 3.10. The molecule has 0 radical (unpaired) electrons. The van der Waals surface area contributed by atoms with Crippen LogP contribution in [0.3, 0.4) is 0 Å². The van der Waals surface area contributed by atoms with E-state index in [9.17, 15) is 4.79 Å². The molecular weight excluding hydrogens is 286 g/mol. The van der Waals surface area contributed by atoms with Crippen molar-refractivity contribution < 1.29 is 9.53 Å². The molecule has 0 aliphatic carbocycles. The second-order valence-corrected chi connectivity index (χ2v) is 7.67. The maximum atomic E-state index is 11.4. The number of carbonyl (C=O) groups is 1. The van der Waals surface area contributed by atoms with Crippen molar-refractivity contribution in [3.05, 3.63) is 4.88 Å². The van der Waals surface area contributed by atoms with Crippen LogP contribution < -0.4 is 21.1 Å². The van der Waals surface area contributed by atoms with Crippen molar-refractivity contribution in [3.63, 3.8) is 0 Å². The molecule has 2 rings (SSSR count). The van der Waals surface area contributed by atoms with Crippen LogP contribution in [0.15, 0.2) is 0 Å². The number of ether oxygens (including phenoxy) is 1. The molecule has 1 fully saturated rings. The lowest BCUT2D eigenvalue weighted by Gasteiger charge is -2.39. The molecule has 4 N–H and O–H groups in total. The van der Waals surface area contributed by atoms with Gasteiger partial charge < -0.3 is 21.1 Å². The first-order chi connectivity index (χ1) is 9.75. The van der Waals surface area contributed by atoms with Crippen LogP contribution in [0.2, 0.25) is 0 Å². The van der Waals surface area contributed by atoms with E-state index >= 15 is 0 Å². The molecule has 2 heterocycles. The highest BCUT2D eigenvalue weighted by atomic mass is 32.1. The van der Waals surface area contributed by atoms with E-state index in [1.54, 1.807) is 7.11 Å². The van der Waals surface area contributed by atoms with Crippen LogP contribution in [0, 0.1) is 11.3 Å². The molecule has 1 aliphatic heterocycles. The minimum absolute atomic E-state index is 0.336. The zero-order valence-corrected chi connectivity index (χ0v) is 14.0. The zero-order valence-electron chi connectivity index (χ0n) is 13.2. The lowest BCUT2D eigenvalue weighted by molar-refractivity contribution is 0.100. The molecule has 1 amide bonds. The van der Waals surface area contributed by atoms with Gasteiger partial charge in [-0.25, -0.2) is 0 Å². The van der Waals surface area contributed by atoms with Crippen LogP contribution in [0.1, 0.15) is 43.3 Å². The summed E-state index contributed by atoms with van der Waals surface area (Å²) in [6.07, 6.45) is 2.27. The predicted octanol–water partition coefficient (Wildman–Crippen LogP) is 2.70. The highest BCUT2D eigenvalue weighted by molar-refractivity contribution is 7.19. The van der Waals surface area contributed by atoms with Gasteiger partial charge in [-0.15, -0.1) is 11.3 Å². The summed E-state index contributed by atoms with van der Waals surface area (Å²) in [6.45, 7) is 8.79. The molecule has 0 aromatic carbocycles. The van der Waals surface area contributed by atoms with E-state index in [1.165, 1.54) is 11.3 Å². The lowest BCUT2D eigenvalue weighted by atomic mass is 9.75. The van der Waals surface area contributed by atoms with Crippen LogP contribution >= 0.6 is 11.3 Å². The highest BCUT2D eigenvalue weighted by Gasteiger charge is 2.31. The fraction of sp³-hybridized carbons (Fsp3) is 0.667. The predicted molar refractivity (Wildman–Crippen MR) is 88.2 cm³/mol. The van der Waals surface area contributed by atoms with Crippen LogP contribution in [0.5, 0.6) is 5.75 Å². The topological polar surface area (TPSA) is 81.6 Å². The molecule has 1 saturated heterocycles. The van der Waals surface area contributed by atoms with E-state index in [-0.39, 0.29) is 0 Å². The van der Waals surface area contributed by atoms with Gasteiger partial charge in [-0.3, -0.25) is 4.79 Å². The molecule has 5 nitrogen and oxygen atoms in total. The Morgan fingerprint density at radius 2 is 1.90 bits per heavy atom. The van der Waals surface area contributed by atoms with Crippen molar-refractivity contribution in [1.29, 1.82) is 0 Å². The molecule has 0 atom stereocenters. The molecule has 1 aromatic rings. The van der Waals surface area contributed by atoms with Gasteiger partial charge in [0, 0.05) is 13.1 Å². The van der Waals surface area contributed by atoms with Gasteiger partial charge in [-0.2, -0.15) is 0 Å². The SMILES string of the molecule is COc1c(N2CCC(C(C)(C)C)CC2)sc(C(N)=O)c1N. The number of methoxy groups -OCH3 is 1. The fourth-order valence-electron chi connectivity index (χ4n) is 2.95. The van der Waals surface area contributed by atoms with Crippen molar-refractivity contribution in [2.45, 2.75) is 33.6 Å². The first-order valence-corrected chi connectivity index (χ1v) is 8.08. The van der Waals surface area contributed by atoms with Gasteiger partial charge in [0.15, 0.2) is 5.75 Å². The molecule has 1 aliphatic rings. The van der Waals surface area contributed by atoms with Crippen LogP contribution in [-0.4, -0.2) is 26.1 Å². The first-order valence-electron chi connectivity index (χ1n) is 7.26. The minimum atomic E-state index is -0.494. The summed E-state index contributed by atoms with van der Waals surface area (Å²) < 4.78 is 5.39. The van der Waals surface area contributed by atoms with Crippen LogP contribution in [0.4, 0.5) is 10.7 Å². The third-order valence-electron chi connectivity index (χ3n) is 4.32. The van der Waals surface area contributed by atoms with Gasteiger partial charge in [-0.1, -0.05) is 20.8 Å². The van der Waals surface area contributed by atoms with E-state index in [2.05, 4.69) is 25.7 Å². The van der Waals surface area contributed by atoms with Gasteiger partial charge in [0.1, 0.15) is 15.6 Å². The molecule has 118 valence electrons. The number of amides is 1. The van der Waals surface area contributed by atoms with Crippen LogP contribution in [0.25, 0.3) is 0 Å². The number of nitrogens with two attached hydrogens (primary N) is 2. The summed E-state index contributed by atoms with van der Waals surface area (Å²) >= 11 is 1.34. The number of piperidine rings is 1. The second-order valence-electron chi connectivity index (χ2n) is 6.67.